The third-order valence-corrected chi connectivity index (χ3v) is 2.38. The van der Waals surface area contributed by atoms with E-state index in [1.807, 2.05) is 6.07 Å². The molecule has 0 amide bonds. The number of hydrogen-bond donors (Lipinski definition) is 0. The Labute approximate surface area is 90.0 Å². The summed E-state index contributed by atoms with van der Waals surface area (Å²) in [4.78, 5) is 8.40. The summed E-state index contributed by atoms with van der Waals surface area (Å²) in [5.74, 6) is 0.915. The minimum atomic E-state index is 0.907. The zero-order chi connectivity index (χ0) is 10.5. The van der Waals surface area contributed by atoms with Gasteiger partial charge in [0, 0.05) is 18.8 Å². The highest BCUT2D eigenvalue weighted by atomic mass is 14.8. The average molecular weight is 198 g/mol. The maximum Gasteiger partial charge on any atom is 0.128 e. The molecule has 2 nitrogen and oxygen atoms in total. The highest BCUT2D eigenvalue weighted by Crippen LogP contribution is 2.05. The number of aryl methyl sites for hydroxylation is 3. The summed E-state index contributed by atoms with van der Waals surface area (Å²) in [6.07, 6.45) is 5.49. The second-order valence-corrected chi connectivity index (χ2v) is 3.65. The quantitative estimate of drug-likeness (QED) is 0.757. The molecule has 1 aromatic carbocycles. The van der Waals surface area contributed by atoms with Crippen LogP contribution in [0.3, 0.4) is 0 Å². The molecule has 2 rings (SSSR count). The Morgan fingerprint density at radius 1 is 0.933 bits per heavy atom. The van der Waals surface area contributed by atoms with Crippen LogP contribution >= 0.6 is 0 Å². The summed E-state index contributed by atoms with van der Waals surface area (Å²) in [6, 6.07) is 10.5. The lowest BCUT2D eigenvalue weighted by molar-refractivity contribution is 0.857. The number of aromatic nitrogens is 2. The highest BCUT2D eigenvalue weighted by molar-refractivity contribution is 5.21. The van der Waals surface area contributed by atoms with Crippen LogP contribution < -0.4 is 0 Å². The van der Waals surface area contributed by atoms with Crippen molar-refractivity contribution in [2.45, 2.75) is 19.8 Å². The molecule has 1 heterocycles. The predicted octanol–water partition coefficient (Wildman–Crippen LogP) is 2.57. The van der Waals surface area contributed by atoms with Gasteiger partial charge in [-0.1, -0.05) is 29.8 Å². The van der Waals surface area contributed by atoms with Gasteiger partial charge in [-0.15, -0.1) is 0 Å². The second kappa shape index (κ2) is 4.69. The standard InChI is InChI=1S/C13H14N2/c1-11-3-5-12(6-4-11)7-8-13-14-9-2-10-15-13/h2-6,9-10H,7-8H2,1H3. The molecule has 0 aliphatic carbocycles. The third kappa shape index (κ3) is 2.88. The van der Waals surface area contributed by atoms with E-state index in [0.717, 1.165) is 18.7 Å². The van der Waals surface area contributed by atoms with E-state index in [9.17, 15) is 0 Å². The van der Waals surface area contributed by atoms with Crippen LogP contribution in [0.15, 0.2) is 42.7 Å². The Kier molecular flexibility index (Phi) is 3.08. The van der Waals surface area contributed by atoms with E-state index in [0.29, 0.717) is 0 Å². The number of benzene rings is 1. The molecule has 0 saturated carbocycles. The normalized spacial score (nSPS) is 10.2. The second-order valence-electron chi connectivity index (χ2n) is 3.65. The first kappa shape index (κ1) is 9.84. The smallest absolute Gasteiger partial charge is 0.128 e. The molecule has 0 bridgehead atoms. The van der Waals surface area contributed by atoms with E-state index >= 15 is 0 Å². The third-order valence-electron chi connectivity index (χ3n) is 2.38. The molecule has 0 saturated heterocycles. The first-order chi connectivity index (χ1) is 7.34. The lowest BCUT2D eigenvalue weighted by Crippen LogP contribution is -1.96. The molecule has 0 fully saturated rings. The molecular weight excluding hydrogens is 184 g/mol. The van der Waals surface area contributed by atoms with E-state index in [4.69, 9.17) is 0 Å². The largest absolute Gasteiger partial charge is 0.241 e. The summed E-state index contributed by atoms with van der Waals surface area (Å²) in [6.45, 7) is 2.10. The lowest BCUT2D eigenvalue weighted by Gasteiger charge is -2.00. The molecule has 0 unspecified atom stereocenters. The van der Waals surface area contributed by atoms with Crippen molar-refractivity contribution in [2.75, 3.05) is 0 Å². The summed E-state index contributed by atoms with van der Waals surface area (Å²) in [7, 11) is 0. The number of hydrogen-bond acceptors (Lipinski definition) is 2. The highest BCUT2D eigenvalue weighted by Gasteiger charge is 1.96. The summed E-state index contributed by atoms with van der Waals surface area (Å²) < 4.78 is 0. The van der Waals surface area contributed by atoms with Crippen molar-refractivity contribution in [3.8, 4) is 0 Å². The molecule has 0 atom stereocenters. The number of nitrogens with zero attached hydrogens (tertiary/aromatic N) is 2. The summed E-state index contributed by atoms with van der Waals surface area (Å²) in [5.41, 5.74) is 2.64. The first-order valence-electron chi connectivity index (χ1n) is 5.16. The fourth-order valence-electron chi connectivity index (χ4n) is 1.47. The van der Waals surface area contributed by atoms with Gasteiger partial charge in [0.15, 0.2) is 0 Å². The minimum absolute atomic E-state index is 0.907. The van der Waals surface area contributed by atoms with Gasteiger partial charge in [0.2, 0.25) is 0 Å². The Bertz CT molecular complexity index is 406. The Morgan fingerprint density at radius 2 is 1.60 bits per heavy atom. The molecule has 76 valence electrons. The molecule has 15 heavy (non-hydrogen) atoms. The minimum Gasteiger partial charge on any atom is -0.241 e. The van der Waals surface area contributed by atoms with Gasteiger partial charge in [0.1, 0.15) is 5.82 Å². The predicted molar refractivity (Wildman–Crippen MR) is 60.6 cm³/mol. The lowest BCUT2D eigenvalue weighted by atomic mass is 10.1. The van der Waals surface area contributed by atoms with Crippen molar-refractivity contribution in [1.82, 2.24) is 9.97 Å². The monoisotopic (exact) mass is 198 g/mol. The Morgan fingerprint density at radius 3 is 2.27 bits per heavy atom. The van der Waals surface area contributed by atoms with Crippen LogP contribution in [-0.2, 0) is 12.8 Å². The molecule has 0 N–H and O–H groups in total. The van der Waals surface area contributed by atoms with E-state index < -0.39 is 0 Å². The molecule has 0 spiro atoms. The van der Waals surface area contributed by atoms with E-state index in [-0.39, 0.29) is 0 Å². The Hall–Kier alpha value is -1.70. The van der Waals surface area contributed by atoms with Gasteiger partial charge in [-0.3, -0.25) is 0 Å². The van der Waals surface area contributed by atoms with E-state index in [1.54, 1.807) is 12.4 Å². The maximum atomic E-state index is 4.20. The summed E-state index contributed by atoms with van der Waals surface area (Å²) in [5, 5.41) is 0. The molecule has 2 heteroatoms. The Balaban J connectivity index is 1.96. The van der Waals surface area contributed by atoms with Crippen molar-refractivity contribution in [3.05, 3.63) is 59.7 Å². The van der Waals surface area contributed by atoms with Crippen LogP contribution in [0, 0.1) is 6.92 Å². The SMILES string of the molecule is Cc1ccc(CCc2ncccn2)cc1. The van der Waals surface area contributed by atoms with Gasteiger partial charge in [0.25, 0.3) is 0 Å². The summed E-state index contributed by atoms with van der Waals surface area (Å²) >= 11 is 0. The van der Waals surface area contributed by atoms with Crippen LogP contribution in [-0.4, -0.2) is 9.97 Å². The average Bonchev–Trinajstić information content (AvgIpc) is 2.30. The molecule has 0 radical (unpaired) electrons. The maximum absolute atomic E-state index is 4.20. The zero-order valence-electron chi connectivity index (χ0n) is 8.85. The van der Waals surface area contributed by atoms with Gasteiger partial charge < -0.3 is 0 Å². The van der Waals surface area contributed by atoms with Gasteiger partial charge in [-0.05, 0) is 25.0 Å². The van der Waals surface area contributed by atoms with Crippen molar-refractivity contribution in [2.24, 2.45) is 0 Å². The van der Waals surface area contributed by atoms with Gasteiger partial charge in [0.05, 0.1) is 0 Å². The van der Waals surface area contributed by atoms with Gasteiger partial charge in [-0.25, -0.2) is 9.97 Å². The van der Waals surface area contributed by atoms with E-state index in [2.05, 4.69) is 41.2 Å². The van der Waals surface area contributed by atoms with Crippen molar-refractivity contribution in [1.29, 1.82) is 0 Å². The van der Waals surface area contributed by atoms with Crippen molar-refractivity contribution < 1.29 is 0 Å². The van der Waals surface area contributed by atoms with Crippen LogP contribution in [0.1, 0.15) is 17.0 Å². The van der Waals surface area contributed by atoms with Crippen LogP contribution in [0.2, 0.25) is 0 Å². The van der Waals surface area contributed by atoms with Crippen molar-refractivity contribution >= 4 is 0 Å². The van der Waals surface area contributed by atoms with Crippen LogP contribution in [0.25, 0.3) is 0 Å². The molecule has 2 aromatic rings. The van der Waals surface area contributed by atoms with Gasteiger partial charge in [-0.2, -0.15) is 0 Å². The van der Waals surface area contributed by atoms with Crippen LogP contribution in [0.5, 0.6) is 0 Å². The van der Waals surface area contributed by atoms with Crippen molar-refractivity contribution in [3.63, 3.8) is 0 Å². The molecular formula is C13H14N2. The zero-order valence-corrected chi connectivity index (χ0v) is 8.85. The topological polar surface area (TPSA) is 25.8 Å². The fraction of sp³-hybridized carbons (Fsp3) is 0.231. The molecule has 1 aromatic heterocycles. The fourth-order valence-corrected chi connectivity index (χ4v) is 1.47. The van der Waals surface area contributed by atoms with Gasteiger partial charge >= 0.3 is 0 Å². The molecule has 0 aliphatic rings. The number of rotatable bonds is 3. The van der Waals surface area contributed by atoms with Crippen LogP contribution in [0.4, 0.5) is 0 Å². The molecule has 0 aliphatic heterocycles. The first-order valence-corrected chi connectivity index (χ1v) is 5.16. The van der Waals surface area contributed by atoms with E-state index in [1.165, 1.54) is 11.1 Å².